The third-order valence-corrected chi connectivity index (χ3v) is 2.81. The fourth-order valence-corrected chi connectivity index (χ4v) is 2.19. The van der Waals surface area contributed by atoms with E-state index in [4.69, 9.17) is 3.79 Å². The summed E-state index contributed by atoms with van der Waals surface area (Å²) in [4.78, 5) is 0. The average Bonchev–Trinajstić information content (AvgIpc) is 1.68. The summed E-state index contributed by atoms with van der Waals surface area (Å²) in [5.41, 5.74) is 0. The van der Waals surface area contributed by atoms with E-state index in [1.54, 1.807) is 0 Å². The Hall–Kier alpha value is 1.02. The Morgan fingerprint density at radius 1 is 1.50 bits per heavy atom. The first-order chi connectivity index (χ1) is 3.81. The Kier molecular flexibility index (Phi) is 6.94. The molecule has 0 aromatic heterocycles. The molecular formula is C5H12Al2O. The van der Waals surface area contributed by atoms with Crippen molar-refractivity contribution in [1.82, 2.24) is 0 Å². The SMILES string of the molecule is [CH3][Al][CH2]C(C)[O][Al][CH3]. The van der Waals surface area contributed by atoms with E-state index >= 15 is 0 Å². The number of rotatable bonds is 4. The number of hydrogen-bond donors (Lipinski definition) is 0. The normalized spacial score (nSPS) is 12.9. The van der Waals surface area contributed by atoms with Gasteiger partial charge in [-0.25, -0.2) is 0 Å². The van der Waals surface area contributed by atoms with E-state index in [9.17, 15) is 0 Å². The van der Waals surface area contributed by atoms with E-state index in [1.165, 1.54) is 5.28 Å². The van der Waals surface area contributed by atoms with E-state index in [-0.39, 0.29) is 15.6 Å². The minimum atomic E-state index is 0.260. The molecule has 0 heterocycles. The lowest BCUT2D eigenvalue weighted by Crippen LogP contribution is -2.10. The third-order valence-electron chi connectivity index (χ3n) is 0.936. The summed E-state index contributed by atoms with van der Waals surface area (Å²) in [6.45, 7) is 2.16. The van der Waals surface area contributed by atoms with Crippen LogP contribution in [0.15, 0.2) is 0 Å². The van der Waals surface area contributed by atoms with Crippen LogP contribution in [0, 0.1) is 0 Å². The van der Waals surface area contributed by atoms with Gasteiger partial charge in [0.25, 0.3) is 0 Å². The van der Waals surface area contributed by atoms with Crippen molar-refractivity contribution in [3.63, 3.8) is 0 Å². The van der Waals surface area contributed by atoms with Crippen LogP contribution in [0.25, 0.3) is 0 Å². The molecule has 0 aliphatic rings. The van der Waals surface area contributed by atoms with Crippen molar-refractivity contribution in [1.29, 1.82) is 0 Å². The van der Waals surface area contributed by atoms with Crippen LogP contribution >= 0.6 is 0 Å². The topological polar surface area (TPSA) is 9.23 Å². The van der Waals surface area contributed by atoms with Gasteiger partial charge in [0.2, 0.25) is 0 Å². The molecule has 44 valence electrons. The van der Waals surface area contributed by atoms with Gasteiger partial charge in [0, 0.05) is 6.10 Å². The Labute approximate surface area is 64.6 Å². The summed E-state index contributed by atoms with van der Waals surface area (Å²) in [7, 11) is 0. The molecule has 1 atom stereocenters. The molecule has 1 unspecified atom stereocenters. The summed E-state index contributed by atoms with van der Waals surface area (Å²) < 4.78 is 5.39. The number of hydrogen-bond acceptors (Lipinski definition) is 1. The van der Waals surface area contributed by atoms with Gasteiger partial charge in [-0.15, -0.1) is 5.79 Å². The lowest BCUT2D eigenvalue weighted by Gasteiger charge is -2.09. The van der Waals surface area contributed by atoms with Crippen LogP contribution in [0.1, 0.15) is 6.92 Å². The van der Waals surface area contributed by atoms with E-state index in [0.29, 0.717) is 21.3 Å². The van der Waals surface area contributed by atoms with Crippen molar-refractivity contribution in [2.75, 3.05) is 0 Å². The predicted molar refractivity (Wildman–Crippen MR) is 38.6 cm³/mol. The summed E-state index contributed by atoms with van der Waals surface area (Å²) in [6.07, 6.45) is 0.537. The smallest absolute Gasteiger partial charge is 0.419 e. The second-order valence-corrected chi connectivity index (χ2v) is 3.86. The first kappa shape index (κ1) is 9.02. The van der Waals surface area contributed by atoms with Crippen molar-refractivity contribution < 1.29 is 3.79 Å². The minimum absolute atomic E-state index is 0.260. The predicted octanol–water partition coefficient (Wildman–Crippen LogP) is 1.23. The van der Waals surface area contributed by atoms with Crippen molar-refractivity contribution in [3.8, 4) is 0 Å². The van der Waals surface area contributed by atoms with Gasteiger partial charge in [-0.2, -0.15) is 0 Å². The molecule has 0 bridgehead atoms. The zero-order valence-electron chi connectivity index (χ0n) is 5.85. The Morgan fingerprint density at radius 2 is 2.12 bits per heavy atom. The fraction of sp³-hybridized carbons (Fsp3) is 1.00. The van der Waals surface area contributed by atoms with Crippen LogP contribution in [0.2, 0.25) is 16.9 Å². The minimum Gasteiger partial charge on any atom is -0.506 e. The van der Waals surface area contributed by atoms with Gasteiger partial charge in [-0.1, -0.05) is 11.1 Å². The fourth-order valence-electron chi connectivity index (χ4n) is 0.620. The van der Waals surface area contributed by atoms with Gasteiger partial charge in [0.15, 0.2) is 15.2 Å². The second kappa shape index (κ2) is 6.15. The first-order valence-electron chi connectivity index (χ1n) is 3.02. The van der Waals surface area contributed by atoms with E-state index in [0.717, 1.165) is 0 Å². The van der Waals surface area contributed by atoms with Crippen molar-refractivity contribution in [2.45, 2.75) is 29.9 Å². The van der Waals surface area contributed by atoms with Crippen LogP contribution < -0.4 is 0 Å². The molecular weight excluding hydrogens is 130 g/mol. The van der Waals surface area contributed by atoms with Crippen LogP contribution in [0.5, 0.6) is 0 Å². The molecule has 0 spiro atoms. The first-order valence-corrected chi connectivity index (χ1v) is 6.62. The second-order valence-electron chi connectivity index (χ2n) is 1.83. The highest BCUT2D eigenvalue weighted by Gasteiger charge is 1.96. The Morgan fingerprint density at radius 3 is 2.50 bits per heavy atom. The molecule has 2 radical (unpaired) electrons. The van der Waals surface area contributed by atoms with Crippen molar-refractivity contribution in [3.05, 3.63) is 0 Å². The van der Waals surface area contributed by atoms with Gasteiger partial charge in [0.1, 0.15) is 0 Å². The van der Waals surface area contributed by atoms with Gasteiger partial charge in [-0.05, 0) is 6.92 Å². The summed E-state index contributed by atoms with van der Waals surface area (Å²) in [5.74, 6) is 4.40. The molecule has 8 heavy (non-hydrogen) atoms. The van der Waals surface area contributed by atoms with Crippen LogP contribution in [-0.4, -0.2) is 36.9 Å². The largest absolute Gasteiger partial charge is 0.506 e. The Balaban J connectivity index is 2.92. The quantitative estimate of drug-likeness (QED) is 0.536. The molecule has 3 heteroatoms. The third kappa shape index (κ3) is 5.17. The van der Waals surface area contributed by atoms with Gasteiger partial charge >= 0.3 is 15.6 Å². The maximum Gasteiger partial charge on any atom is 0.419 e. The molecule has 0 aliphatic carbocycles. The molecule has 0 rings (SSSR count). The van der Waals surface area contributed by atoms with Gasteiger partial charge in [0.05, 0.1) is 0 Å². The molecule has 0 aromatic carbocycles. The molecule has 0 aliphatic heterocycles. The molecule has 0 amide bonds. The molecule has 0 aromatic rings. The van der Waals surface area contributed by atoms with Crippen molar-refractivity contribution in [2.24, 2.45) is 0 Å². The zero-order valence-corrected chi connectivity index (χ0v) is 8.16. The molecule has 0 fully saturated rings. The maximum atomic E-state index is 5.39. The highest BCUT2D eigenvalue weighted by Crippen LogP contribution is 1.94. The zero-order chi connectivity index (χ0) is 6.41. The lowest BCUT2D eigenvalue weighted by atomic mass is 10.5. The van der Waals surface area contributed by atoms with Crippen LogP contribution in [-0.2, 0) is 3.79 Å². The summed E-state index contributed by atoms with van der Waals surface area (Å²) in [6, 6.07) is 0. The Bertz CT molecular complexity index is 43.7. The highest BCUT2D eigenvalue weighted by atomic mass is 27.1. The van der Waals surface area contributed by atoms with Gasteiger partial charge < -0.3 is 3.79 Å². The molecule has 1 nitrogen and oxygen atoms in total. The molecule has 0 N–H and O–H groups in total. The van der Waals surface area contributed by atoms with Crippen LogP contribution in [0.4, 0.5) is 0 Å². The van der Waals surface area contributed by atoms with Gasteiger partial charge in [-0.3, -0.25) is 0 Å². The highest BCUT2D eigenvalue weighted by molar-refractivity contribution is 6.33. The summed E-state index contributed by atoms with van der Waals surface area (Å²) in [5, 5.41) is 1.29. The maximum absolute atomic E-state index is 5.39. The average molecular weight is 142 g/mol. The van der Waals surface area contributed by atoms with E-state index < -0.39 is 0 Å². The standard InChI is InChI=1S/C3H6O.2CH3.2Al/c1-3(2)4;;;;/h3H,1H2,2H3;2*1H3;;/q-1;;;;+1. The van der Waals surface area contributed by atoms with E-state index in [2.05, 4.69) is 18.5 Å². The summed E-state index contributed by atoms with van der Waals surface area (Å²) >= 11 is 0.896. The monoisotopic (exact) mass is 142 g/mol. The lowest BCUT2D eigenvalue weighted by molar-refractivity contribution is 0.258. The molecule has 0 saturated heterocycles. The van der Waals surface area contributed by atoms with E-state index in [1.807, 2.05) is 0 Å². The van der Waals surface area contributed by atoms with Crippen LogP contribution in [0.3, 0.4) is 0 Å². The molecule has 0 saturated carbocycles. The van der Waals surface area contributed by atoms with Crippen molar-refractivity contribution >= 4 is 30.8 Å².